The summed E-state index contributed by atoms with van der Waals surface area (Å²) in [6, 6.07) is 5.92. The summed E-state index contributed by atoms with van der Waals surface area (Å²) in [5.41, 5.74) is 7.55. The predicted molar refractivity (Wildman–Crippen MR) is 67.9 cm³/mol. The molecule has 0 amide bonds. The third kappa shape index (κ3) is 2.40. The lowest BCUT2D eigenvalue weighted by Gasteiger charge is -1.99. The summed E-state index contributed by atoms with van der Waals surface area (Å²) < 4.78 is 0. The van der Waals surface area contributed by atoms with Crippen molar-refractivity contribution in [1.29, 1.82) is 0 Å². The van der Waals surface area contributed by atoms with Crippen molar-refractivity contribution in [3.8, 4) is 10.6 Å². The molecule has 5 heteroatoms. The highest BCUT2D eigenvalue weighted by atomic mass is 35.5. The van der Waals surface area contributed by atoms with E-state index in [9.17, 15) is 0 Å². The normalized spacial score (nSPS) is 10.7. The summed E-state index contributed by atoms with van der Waals surface area (Å²) in [6.45, 7) is 2.58. The minimum atomic E-state index is 0.600. The Morgan fingerprint density at radius 3 is 2.88 bits per heavy atom. The van der Waals surface area contributed by atoms with Crippen LogP contribution in [0.3, 0.4) is 0 Å². The lowest BCUT2D eigenvalue weighted by Crippen LogP contribution is -2.01. The number of aromatic nitrogens is 2. The maximum absolute atomic E-state index is 6.07. The molecule has 0 aliphatic rings. The molecule has 0 unspecified atom stereocenters. The van der Waals surface area contributed by atoms with Crippen molar-refractivity contribution < 1.29 is 0 Å². The van der Waals surface area contributed by atoms with E-state index in [4.69, 9.17) is 17.3 Å². The van der Waals surface area contributed by atoms with Crippen LogP contribution in [-0.2, 0) is 6.42 Å². The van der Waals surface area contributed by atoms with Gasteiger partial charge in [0.25, 0.3) is 0 Å². The summed E-state index contributed by atoms with van der Waals surface area (Å²) in [7, 11) is 0. The molecular weight excluding hydrogens is 242 g/mol. The summed E-state index contributed by atoms with van der Waals surface area (Å²) in [6.07, 6.45) is 0.775. The maximum Gasteiger partial charge on any atom is 0.147 e. The van der Waals surface area contributed by atoms with Gasteiger partial charge in [0, 0.05) is 17.0 Å². The zero-order chi connectivity index (χ0) is 11.5. The first-order valence-corrected chi connectivity index (χ1v) is 6.19. The van der Waals surface area contributed by atoms with Crippen LogP contribution in [0.4, 0.5) is 0 Å². The van der Waals surface area contributed by atoms with Gasteiger partial charge in [0.2, 0.25) is 0 Å². The molecule has 84 valence electrons. The minimum absolute atomic E-state index is 0.600. The molecular formula is C11H12ClN3S. The fourth-order valence-electron chi connectivity index (χ4n) is 1.32. The van der Waals surface area contributed by atoms with Crippen LogP contribution in [-0.4, -0.2) is 16.7 Å². The number of benzene rings is 1. The van der Waals surface area contributed by atoms with Gasteiger partial charge in [-0.05, 0) is 25.1 Å². The van der Waals surface area contributed by atoms with Gasteiger partial charge in [0.1, 0.15) is 10.0 Å². The van der Waals surface area contributed by atoms with Gasteiger partial charge in [0.05, 0.1) is 0 Å². The molecule has 2 N–H and O–H groups in total. The zero-order valence-corrected chi connectivity index (χ0v) is 10.5. The Hall–Kier alpha value is -0.970. The van der Waals surface area contributed by atoms with Gasteiger partial charge < -0.3 is 5.73 Å². The van der Waals surface area contributed by atoms with Crippen LogP contribution in [0.25, 0.3) is 10.6 Å². The molecule has 0 aliphatic heterocycles. The van der Waals surface area contributed by atoms with Crippen molar-refractivity contribution in [3.05, 3.63) is 33.8 Å². The van der Waals surface area contributed by atoms with Crippen LogP contribution in [0, 0.1) is 6.92 Å². The number of hydrogen-bond donors (Lipinski definition) is 1. The van der Waals surface area contributed by atoms with E-state index >= 15 is 0 Å². The number of rotatable bonds is 3. The fourth-order valence-corrected chi connectivity index (χ4v) is 2.35. The molecule has 0 fully saturated rings. The Balaban J connectivity index is 2.31. The molecule has 0 radical (unpaired) electrons. The van der Waals surface area contributed by atoms with Crippen molar-refractivity contribution in [3.63, 3.8) is 0 Å². The van der Waals surface area contributed by atoms with Crippen LogP contribution in [0.15, 0.2) is 18.2 Å². The van der Waals surface area contributed by atoms with Crippen molar-refractivity contribution >= 4 is 22.9 Å². The molecule has 2 aromatic rings. The Labute approximate surface area is 103 Å². The Morgan fingerprint density at radius 2 is 2.19 bits per heavy atom. The Bertz CT molecular complexity index is 496. The molecule has 0 aliphatic carbocycles. The van der Waals surface area contributed by atoms with E-state index in [0.29, 0.717) is 6.54 Å². The SMILES string of the molecule is Cc1ccc(-c2nnc(CCN)s2)cc1Cl. The second-order valence-electron chi connectivity index (χ2n) is 3.50. The van der Waals surface area contributed by atoms with E-state index in [0.717, 1.165) is 32.6 Å². The molecule has 1 heterocycles. The Kier molecular flexibility index (Phi) is 3.53. The first kappa shape index (κ1) is 11.5. The summed E-state index contributed by atoms with van der Waals surface area (Å²) in [5.74, 6) is 0. The van der Waals surface area contributed by atoms with Gasteiger partial charge in [-0.2, -0.15) is 0 Å². The number of halogens is 1. The molecule has 0 saturated heterocycles. The van der Waals surface area contributed by atoms with Crippen molar-refractivity contribution in [1.82, 2.24) is 10.2 Å². The van der Waals surface area contributed by atoms with Gasteiger partial charge in [-0.1, -0.05) is 35.1 Å². The second-order valence-corrected chi connectivity index (χ2v) is 4.97. The number of nitrogens with two attached hydrogens (primary N) is 1. The predicted octanol–water partition coefficient (Wildman–Crippen LogP) is 2.67. The minimum Gasteiger partial charge on any atom is -0.330 e. The van der Waals surface area contributed by atoms with Crippen molar-refractivity contribution in [2.24, 2.45) is 5.73 Å². The quantitative estimate of drug-likeness (QED) is 0.915. The molecule has 1 aromatic heterocycles. The van der Waals surface area contributed by atoms with Gasteiger partial charge in [0.15, 0.2) is 0 Å². The lowest BCUT2D eigenvalue weighted by atomic mass is 10.2. The maximum atomic E-state index is 6.07. The summed E-state index contributed by atoms with van der Waals surface area (Å²) >= 11 is 7.63. The second kappa shape index (κ2) is 4.91. The first-order chi connectivity index (χ1) is 7.70. The fraction of sp³-hybridized carbons (Fsp3) is 0.273. The van der Waals surface area contributed by atoms with E-state index in [1.165, 1.54) is 0 Å². The van der Waals surface area contributed by atoms with E-state index < -0.39 is 0 Å². The van der Waals surface area contributed by atoms with E-state index in [1.54, 1.807) is 11.3 Å². The monoisotopic (exact) mass is 253 g/mol. The number of hydrogen-bond acceptors (Lipinski definition) is 4. The van der Waals surface area contributed by atoms with Gasteiger partial charge in [-0.3, -0.25) is 0 Å². The van der Waals surface area contributed by atoms with Crippen LogP contribution in [0.1, 0.15) is 10.6 Å². The topological polar surface area (TPSA) is 51.8 Å². The summed E-state index contributed by atoms with van der Waals surface area (Å²) in [5, 5.41) is 10.8. The van der Waals surface area contributed by atoms with Crippen LogP contribution in [0.5, 0.6) is 0 Å². The highest BCUT2D eigenvalue weighted by Gasteiger charge is 2.07. The molecule has 3 nitrogen and oxygen atoms in total. The highest BCUT2D eigenvalue weighted by Crippen LogP contribution is 2.27. The average Bonchev–Trinajstić information content (AvgIpc) is 2.71. The molecule has 0 atom stereocenters. The van der Waals surface area contributed by atoms with Gasteiger partial charge >= 0.3 is 0 Å². The van der Waals surface area contributed by atoms with E-state index in [2.05, 4.69) is 10.2 Å². The number of aryl methyl sites for hydroxylation is 1. The standard InChI is InChI=1S/C11H12ClN3S/c1-7-2-3-8(6-9(7)12)11-15-14-10(16-11)4-5-13/h2-3,6H,4-5,13H2,1H3. The summed E-state index contributed by atoms with van der Waals surface area (Å²) in [4.78, 5) is 0. The molecule has 2 rings (SSSR count). The van der Waals surface area contributed by atoms with Crippen molar-refractivity contribution in [2.45, 2.75) is 13.3 Å². The number of nitrogens with zero attached hydrogens (tertiary/aromatic N) is 2. The van der Waals surface area contributed by atoms with Gasteiger partial charge in [-0.15, -0.1) is 10.2 Å². The average molecular weight is 254 g/mol. The van der Waals surface area contributed by atoms with E-state index in [1.807, 2.05) is 25.1 Å². The third-order valence-electron chi connectivity index (χ3n) is 2.24. The molecule has 0 spiro atoms. The highest BCUT2D eigenvalue weighted by molar-refractivity contribution is 7.14. The van der Waals surface area contributed by atoms with Crippen LogP contribution in [0.2, 0.25) is 5.02 Å². The molecule has 0 bridgehead atoms. The third-order valence-corrected chi connectivity index (χ3v) is 3.68. The molecule has 0 saturated carbocycles. The largest absolute Gasteiger partial charge is 0.330 e. The zero-order valence-electron chi connectivity index (χ0n) is 8.90. The van der Waals surface area contributed by atoms with Crippen LogP contribution < -0.4 is 5.73 Å². The van der Waals surface area contributed by atoms with Crippen molar-refractivity contribution in [2.75, 3.05) is 6.54 Å². The smallest absolute Gasteiger partial charge is 0.147 e. The lowest BCUT2D eigenvalue weighted by molar-refractivity contribution is 0.913. The Morgan fingerprint density at radius 1 is 1.38 bits per heavy atom. The van der Waals surface area contributed by atoms with Crippen LogP contribution >= 0.6 is 22.9 Å². The van der Waals surface area contributed by atoms with Gasteiger partial charge in [-0.25, -0.2) is 0 Å². The first-order valence-electron chi connectivity index (χ1n) is 4.99. The molecule has 16 heavy (non-hydrogen) atoms. The van der Waals surface area contributed by atoms with E-state index in [-0.39, 0.29) is 0 Å². The molecule has 1 aromatic carbocycles.